The number of furan rings is 1. The van der Waals surface area contributed by atoms with Crippen LogP contribution in [-0.2, 0) is 17.8 Å². The van der Waals surface area contributed by atoms with Gasteiger partial charge in [0.05, 0.1) is 29.4 Å². The van der Waals surface area contributed by atoms with Crippen molar-refractivity contribution in [1.29, 1.82) is 0 Å². The molecule has 0 atom stereocenters. The third-order valence-corrected chi connectivity index (χ3v) is 6.53. The number of rotatable bonds is 7. The van der Waals surface area contributed by atoms with Gasteiger partial charge in [0.1, 0.15) is 5.76 Å². The second kappa shape index (κ2) is 9.06. The average molecular weight is 433 g/mol. The van der Waals surface area contributed by atoms with E-state index in [1.807, 2.05) is 24.3 Å². The van der Waals surface area contributed by atoms with E-state index in [1.165, 1.54) is 11.1 Å². The number of hydrogen-bond donors (Lipinski definition) is 0. The van der Waals surface area contributed by atoms with Gasteiger partial charge < -0.3 is 4.42 Å². The van der Waals surface area contributed by atoms with E-state index in [0.717, 1.165) is 21.5 Å². The number of para-hydroxylation sites is 1. The van der Waals surface area contributed by atoms with Crippen LogP contribution in [0.3, 0.4) is 0 Å². The summed E-state index contributed by atoms with van der Waals surface area (Å²) < 4.78 is 6.64. The predicted molar refractivity (Wildman–Crippen MR) is 128 cm³/mol. The lowest BCUT2D eigenvalue weighted by molar-refractivity contribution is -0.118. The monoisotopic (exact) mass is 432 g/mol. The number of aromatic nitrogens is 1. The van der Waals surface area contributed by atoms with Gasteiger partial charge in [0, 0.05) is 0 Å². The quantitative estimate of drug-likeness (QED) is 0.319. The van der Waals surface area contributed by atoms with Crippen molar-refractivity contribution in [3.63, 3.8) is 0 Å². The van der Waals surface area contributed by atoms with E-state index in [9.17, 15) is 4.79 Å². The molecule has 2 heterocycles. The first kappa shape index (κ1) is 21.3. The molecule has 0 saturated carbocycles. The van der Waals surface area contributed by atoms with Crippen molar-refractivity contribution in [3.05, 3.63) is 83.3 Å². The molecular formula is C26H28N2O2S. The third-order valence-electron chi connectivity index (χ3n) is 5.49. The Labute approximate surface area is 187 Å². The van der Waals surface area contributed by atoms with Crippen molar-refractivity contribution in [3.8, 4) is 0 Å². The second-order valence-corrected chi connectivity index (χ2v) is 9.49. The molecule has 0 bridgehead atoms. The van der Waals surface area contributed by atoms with E-state index in [4.69, 9.17) is 9.40 Å². The SMILES string of the molecule is CC(C)c1ccc(CC(=O)N(Cc2ccco2)c2nc3c(C(C)C)cccc3s2)cc1. The Morgan fingerprint density at radius 2 is 1.77 bits per heavy atom. The lowest BCUT2D eigenvalue weighted by Crippen LogP contribution is -2.31. The van der Waals surface area contributed by atoms with Gasteiger partial charge in [-0.15, -0.1) is 0 Å². The Bertz CT molecular complexity index is 1160. The van der Waals surface area contributed by atoms with Crippen LogP contribution in [-0.4, -0.2) is 10.9 Å². The molecule has 0 saturated heterocycles. The summed E-state index contributed by atoms with van der Waals surface area (Å²) in [5.74, 6) is 1.59. The summed E-state index contributed by atoms with van der Waals surface area (Å²) in [4.78, 5) is 20.1. The zero-order valence-electron chi connectivity index (χ0n) is 18.5. The van der Waals surface area contributed by atoms with Gasteiger partial charge in [-0.3, -0.25) is 9.69 Å². The molecule has 0 aliphatic heterocycles. The number of hydrogen-bond acceptors (Lipinski definition) is 4. The van der Waals surface area contributed by atoms with E-state index >= 15 is 0 Å². The number of carbonyl (C=O) groups excluding carboxylic acids is 1. The maximum Gasteiger partial charge on any atom is 0.233 e. The highest BCUT2D eigenvalue weighted by Gasteiger charge is 2.22. The van der Waals surface area contributed by atoms with Gasteiger partial charge in [-0.1, -0.05) is 75.4 Å². The largest absolute Gasteiger partial charge is 0.467 e. The van der Waals surface area contributed by atoms with Crippen molar-refractivity contribution in [2.24, 2.45) is 0 Å². The fourth-order valence-corrected chi connectivity index (χ4v) is 4.67. The summed E-state index contributed by atoms with van der Waals surface area (Å²) in [6, 6.07) is 18.3. The summed E-state index contributed by atoms with van der Waals surface area (Å²) >= 11 is 1.56. The molecule has 5 heteroatoms. The van der Waals surface area contributed by atoms with Crippen LogP contribution >= 0.6 is 11.3 Å². The standard InChI is InChI=1S/C26H28N2O2S/c1-17(2)20-12-10-19(11-13-20)15-24(29)28(16-21-7-6-14-30-21)26-27-25-22(18(3)4)8-5-9-23(25)31-26/h5-14,17-18H,15-16H2,1-4H3. The van der Waals surface area contributed by atoms with Gasteiger partial charge >= 0.3 is 0 Å². The minimum atomic E-state index is 0.0128. The van der Waals surface area contributed by atoms with Gasteiger partial charge in [0.15, 0.2) is 5.13 Å². The maximum absolute atomic E-state index is 13.4. The molecule has 0 spiro atoms. The van der Waals surface area contributed by atoms with Crippen LogP contribution < -0.4 is 4.90 Å². The molecule has 4 nitrogen and oxygen atoms in total. The Balaban J connectivity index is 1.66. The summed E-state index contributed by atoms with van der Waals surface area (Å²) in [6.07, 6.45) is 1.96. The number of fused-ring (bicyclic) bond motifs is 1. The lowest BCUT2D eigenvalue weighted by Gasteiger charge is -2.19. The molecule has 4 rings (SSSR count). The fraction of sp³-hybridized carbons (Fsp3) is 0.308. The second-order valence-electron chi connectivity index (χ2n) is 8.48. The molecule has 0 unspecified atom stereocenters. The van der Waals surface area contributed by atoms with Crippen LogP contribution in [0.5, 0.6) is 0 Å². The van der Waals surface area contributed by atoms with E-state index in [0.29, 0.717) is 29.9 Å². The number of nitrogens with zero attached hydrogens (tertiary/aromatic N) is 2. The normalized spacial score (nSPS) is 11.5. The van der Waals surface area contributed by atoms with Crippen molar-refractivity contribution < 1.29 is 9.21 Å². The number of amides is 1. The summed E-state index contributed by atoms with van der Waals surface area (Å²) in [5, 5.41) is 0.711. The van der Waals surface area contributed by atoms with E-state index < -0.39 is 0 Å². The van der Waals surface area contributed by atoms with E-state index in [1.54, 1.807) is 22.5 Å². The summed E-state index contributed by atoms with van der Waals surface area (Å²) in [6.45, 7) is 9.04. The molecule has 0 N–H and O–H groups in total. The molecule has 0 fully saturated rings. The van der Waals surface area contributed by atoms with Gasteiger partial charge in [-0.25, -0.2) is 4.98 Å². The Morgan fingerprint density at radius 1 is 1.00 bits per heavy atom. The Kier molecular flexibility index (Phi) is 6.23. The highest BCUT2D eigenvalue weighted by atomic mass is 32.1. The zero-order valence-corrected chi connectivity index (χ0v) is 19.3. The van der Waals surface area contributed by atoms with Crippen LogP contribution in [0.4, 0.5) is 5.13 Å². The van der Waals surface area contributed by atoms with Crippen LogP contribution in [0.25, 0.3) is 10.2 Å². The average Bonchev–Trinajstić information content (AvgIpc) is 3.41. The number of anilines is 1. The molecule has 4 aromatic rings. The van der Waals surface area contributed by atoms with Crippen LogP contribution in [0.15, 0.2) is 65.3 Å². The predicted octanol–water partition coefficient (Wildman–Crippen LogP) is 6.91. The first-order chi connectivity index (χ1) is 14.9. The van der Waals surface area contributed by atoms with Crippen molar-refractivity contribution in [1.82, 2.24) is 4.98 Å². The molecule has 160 valence electrons. The first-order valence-corrected chi connectivity index (χ1v) is 11.5. The van der Waals surface area contributed by atoms with Gasteiger partial charge in [0.2, 0.25) is 5.91 Å². The van der Waals surface area contributed by atoms with Crippen LogP contribution in [0.1, 0.15) is 62.0 Å². The topological polar surface area (TPSA) is 46.3 Å². The van der Waals surface area contributed by atoms with Crippen molar-refractivity contribution in [2.45, 2.75) is 52.5 Å². The van der Waals surface area contributed by atoms with Gasteiger partial charge in [-0.2, -0.15) is 0 Å². The van der Waals surface area contributed by atoms with E-state index in [2.05, 4.69) is 58.0 Å². The molecule has 0 aliphatic rings. The highest BCUT2D eigenvalue weighted by molar-refractivity contribution is 7.22. The summed E-state index contributed by atoms with van der Waals surface area (Å²) in [7, 11) is 0. The molecule has 0 radical (unpaired) electrons. The smallest absolute Gasteiger partial charge is 0.233 e. The van der Waals surface area contributed by atoms with Crippen molar-refractivity contribution in [2.75, 3.05) is 4.90 Å². The molecule has 1 amide bonds. The van der Waals surface area contributed by atoms with Gasteiger partial charge in [0.25, 0.3) is 0 Å². The first-order valence-electron chi connectivity index (χ1n) is 10.7. The number of carbonyl (C=O) groups is 1. The number of benzene rings is 2. The lowest BCUT2D eigenvalue weighted by atomic mass is 10.0. The van der Waals surface area contributed by atoms with Gasteiger partial charge in [-0.05, 0) is 46.7 Å². The minimum Gasteiger partial charge on any atom is -0.467 e. The van der Waals surface area contributed by atoms with Crippen LogP contribution in [0, 0.1) is 0 Å². The molecule has 2 aromatic carbocycles. The van der Waals surface area contributed by atoms with E-state index in [-0.39, 0.29) is 5.91 Å². The number of thiazole rings is 1. The van der Waals surface area contributed by atoms with Crippen molar-refractivity contribution >= 4 is 32.6 Å². The molecule has 31 heavy (non-hydrogen) atoms. The van der Waals surface area contributed by atoms with Crippen LogP contribution in [0.2, 0.25) is 0 Å². The highest BCUT2D eigenvalue weighted by Crippen LogP contribution is 2.34. The summed E-state index contributed by atoms with van der Waals surface area (Å²) in [5.41, 5.74) is 4.46. The molecular weight excluding hydrogens is 404 g/mol. The Morgan fingerprint density at radius 3 is 2.42 bits per heavy atom. The molecule has 2 aromatic heterocycles. The third kappa shape index (κ3) is 4.72. The Hall–Kier alpha value is -2.92. The molecule has 0 aliphatic carbocycles. The zero-order chi connectivity index (χ0) is 22.0. The maximum atomic E-state index is 13.4. The minimum absolute atomic E-state index is 0.0128. The fourth-order valence-electron chi connectivity index (χ4n) is 3.65.